The van der Waals surface area contributed by atoms with Crippen LogP contribution in [0, 0.1) is 29.6 Å². The van der Waals surface area contributed by atoms with Crippen LogP contribution in [0.25, 0.3) is 0 Å². The van der Waals surface area contributed by atoms with Gasteiger partial charge in [0, 0.05) is 45.6 Å². The number of likely N-dealkylation sites (tertiary alicyclic amines) is 1. The van der Waals surface area contributed by atoms with Crippen molar-refractivity contribution in [2.45, 2.75) is 348 Å². The monoisotopic (exact) mass is 1400 g/mol. The Labute approximate surface area is 590 Å². The summed E-state index contributed by atoms with van der Waals surface area (Å²) in [7, 11) is -0.293. The molecule has 0 N–H and O–H groups in total. The van der Waals surface area contributed by atoms with Crippen molar-refractivity contribution in [2.75, 3.05) is 35.0 Å². The Hall–Kier alpha value is -2.98. The number of benzene rings is 1. The number of piperidine rings is 1. The van der Waals surface area contributed by atoms with Crippen LogP contribution in [-0.4, -0.2) is 144 Å². The molecule has 1 saturated carbocycles. The van der Waals surface area contributed by atoms with Gasteiger partial charge in [0.25, 0.3) is 0 Å². The fraction of sp³-hybridized carbons (Fsp3) is 0.810. The largest absolute Gasteiger partial charge is 0.497 e. The number of hydrogen-bond acceptors (Lipinski definition) is 13. The number of hydrogen-bond donors (Lipinski definition) is 0. The summed E-state index contributed by atoms with van der Waals surface area (Å²) in [5.74, 6) is -0.102. The lowest BCUT2D eigenvalue weighted by atomic mass is 9.81. The molecule has 3 rings (SSSR count). The van der Waals surface area contributed by atoms with E-state index in [0.29, 0.717) is 61.9 Å². The molecule has 17 heteroatoms. The SMILES string of the molecule is C=CC[C@H](/C=C(\C)C[C@H](C)C[C@H](OC)[C@@H](O[Si](C)(C)C(C)(C)C)[C@H](C[C@@H](C)C=O)OC)[C@H](C[C@H](O[Si](C(C)C)(C(C)C)C(C)C)[C@@H](C)[C@H](OC(=O)[C@@H]1CCCCN1C(=O)OC(C)(C)C)/C(C)=C/[C@@H]1CC[C@@H](O[Si](C(C)C)(C(C)C)C(C)C)[C@H](OC)C1)OCc1ccc(OC)cc1. The average molecular weight is 1400 g/mol. The third-order valence-corrected chi connectivity index (χ3v) is 38.8. The number of rotatable bonds is 40. The predicted octanol–water partition coefficient (Wildman–Crippen LogP) is 20.4. The lowest BCUT2D eigenvalue weighted by Crippen LogP contribution is -2.54. The first-order chi connectivity index (χ1) is 44.6. The van der Waals surface area contributed by atoms with E-state index in [1.54, 1.807) is 26.2 Å². The Bertz CT molecular complexity index is 2490. The molecule has 0 radical (unpaired) electrons. The number of allylic oxidation sites excluding steroid dienone is 3. The molecule has 1 saturated heterocycles. The van der Waals surface area contributed by atoms with Gasteiger partial charge in [0.05, 0.1) is 56.4 Å². The number of carbonyl (C=O) groups excluding carboxylic acids is 3. The maximum Gasteiger partial charge on any atom is 0.411 e. The van der Waals surface area contributed by atoms with Gasteiger partial charge >= 0.3 is 12.1 Å². The van der Waals surface area contributed by atoms with Crippen molar-refractivity contribution in [1.29, 1.82) is 0 Å². The van der Waals surface area contributed by atoms with Crippen molar-refractivity contribution in [3.63, 3.8) is 0 Å². The molecule has 2 aliphatic rings. The van der Waals surface area contributed by atoms with Crippen molar-refractivity contribution in [1.82, 2.24) is 4.90 Å². The summed E-state index contributed by atoms with van der Waals surface area (Å²) in [4.78, 5) is 43.3. The fourth-order valence-corrected chi connectivity index (χ4v) is 28.7. The van der Waals surface area contributed by atoms with Crippen LogP contribution in [0.5, 0.6) is 5.75 Å². The number of amides is 1. The molecular formula is C79H143NO13Si3. The van der Waals surface area contributed by atoms with Gasteiger partial charge in [-0.25, -0.2) is 9.59 Å². The van der Waals surface area contributed by atoms with E-state index in [1.165, 1.54) is 5.57 Å². The lowest BCUT2D eigenvalue weighted by Gasteiger charge is -2.48. The van der Waals surface area contributed by atoms with Crippen molar-refractivity contribution < 1.29 is 60.8 Å². The van der Waals surface area contributed by atoms with Crippen LogP contribution in [0.2, 0.25) is 51.4 Å². The van der Waals surface area contributed by atoms with Crippen LogP contribution in [0.15, 0.2) is 60.2 Å². The highest BCUT2D eigenvalue weighted by Gasteiger charge is 2.52. The Morgan fingerprint density at radius 1 is 0.688 bits per heavy atom. The highest BCUT2D eigenvalue weighted by molar-refractivity contribution is 6.78. The van der Waals surface area contributed by atoms with Gasteiger partial charge in [0.1, 0.15) is 29.8 Å². The van der Waals surface area contributed by atoms with Crippen LogP contribution < -0.4 is 4.74 Å². The van der Waals surface area contributed by atoms with Gasteiger partial charge in [0.2, 0.25) is 16.6 Å². The lowest BCUT2D eigenvalue weighted by molar-refractivity contribution is -0.159. The van der Waals surface area contributed by atoms with E-state index in [9.17, 15) is 9.59 Å². The molecular weight excluding hydrogens is 1260 g/mol. The van der Waals surface area contributed by atoms with E-state index in [1.807, 2.05) is 53.0 Å². The van der Waals surface area contributed by atoms with Gasteiger partial charge in [-0.2, -0.15) is 0 Å². The molecule has 0 bridgehead atoms. The summed E-state index contributed by atoms with van der Waals surface area (Å²) >= 11 is 0. The second kappa shape index (κ2) is 39.4. The minimum atomic E-state index is -2.72. The molecule has 0 spiro atoms. The Kier molecular flexibility index (Phi) is 35.8. The summed E-state index contributed by atoms with van der Waals surface area (Å²) < 4.78 is 68.2. The van der Waals surface area contributed by atoms with Gasteiger partial charge in [-0.3, -0.25) is 4.90 Å². The van der Waals surface area contributed by atoms with Crippen molar-refractivity contribution in [3.05, 3.63) is 65.8 Å². The van der Waals surface area contributed by atoms with Crippen LogP contribution in [0.4, 0.5) is 4.79 Å². The van der Waals surface area contributed by atoms with Gasteiger partial charge in [-0.05, 0) is 192 Å². The smallest absolute Gasteiger partial charge is 0.411 e. The fourth-order valence-electron chi connectivity index (χ4n) is 16.1. The Morgan fingerprint density at radius 3 is 1.74 bits per heavy atom. The van der Waals surface area contributed by atoms with Crippen molar-refractivity contribution >= 4 is 43.3 Å². The van der Waals surface area contributed by atoms with Crippen molar-refractivity contribution in [3.8, 4) is 5.75 Å². The predicted molar refractivity (Wildman–Crippen MR) is 404 cm³/mol. The van der Waals surface area contributed by atoms with Crippen LogP contribution >= 0.6 is 0 Å². The number of methoxy groups -OCH3 is 4. The first kappa shape index (κ1) is 87.2. The van der Waals surface area contributed by atoms with Crippen molar-refractivity contribution in [2.24, 2.45) is 29.6 Å². The zero-order valence-corrected chi connectivity index (χ0v) is 69.3. The van der Waals surface area contributed by atoms with Crippen LogP contribution in [0.1, 0.15) is 235 Å². The maximum absolute atomic E-state index is 15.5. The molecule has 14 nitrogen and oxygen atoms in total. The van der Waals surface area contributed by atoms with E-state index in [4.69, 9.17) is 46.4 Å². The zero-order valence-electron chi connectivity index (χ0n) is 66.3. The normalized spacial score (nSPS) is 21.6. The summed E-state index contributed by atoms with van der Waals surface area (Å²) in [5, 5.41) is -0.0623. The van der Waals surface area contributed by atoms with Gasteiger partial charge in [0.15, 0.2) is 8.32 Å². The minimum absolute atomic E-state index is 0.0195. The molecule has 1 aliphatic carbocycles. The first-order valence-electron chi connectivity index (χ1n) is 37.1. The highest BCUT2D eigenvalue weighted by atomic mass is 28.4. The quantitative estimate of drug-likeness (QED) is 0.0266. The van der Waals surface area contributed by atoms with E-state index >= 15 is 4.79 Å². The Balaban J connectivity index is 2.39. The minimum Gasteiger partial charge on any atom is -0.497 e. The van der Waals surface area contributed by atoms with E-state index < -0.39 is 67.0 Å². The van der Waals surface area contributed by atoms with Crippen LogP contribution in [-0.2, 0) is 57.9 Å². The van der Waals surface area contributed by atoms with E-state index in [-0.39, 0.29) is 81.8 Å². The number of ether oxygens (including phenoxy) is 7. The van der Waals surface area contributed by atoms with Gasteiger partial charge < -0.3 is 51.2 Å². The molecule has 1 heterocycles. The second-order valence-corrected chi connectivity index (χ2v) is 49.1. The maximum atomic E-state index is 15.5. The summed E-state index contributed by atoms with van der Waals surface area (Å²) in [6.45, 7) is 60.8. The number of aldehydes is 1. The molecule has 96 heavy (non-hydrogen) atoms. The van der Waals surface area contributed by atoms with E-state index in [0.717, 1.165) is 61.7 Å². The van der Waals surface area contributed by atoms with Gasteiger partial charge in [-0.15, -0.1) is 6.58 Å². The third kappa shape index (κ3) is 24.4. The molecule has 14 atom stereocenters. The standard InChI is InChI=1S/C79H143NO13Si3/c1-31-34-65(44-58(14)43-59(15)45-72(86-27)75(73(87-28)46-60(16)50-81)93-94(29,30)79(22,23)24)70(88-51-63-36-39-66(84-25)40-37-63)49-69(92-96(55(8)9,56(10)11)57(12)13)62(18)74(89-76(82)67-35-32-33-42-80(67)77(83)90-78(19,20)21)61(17)47-64-38-41-68(71(48-64)85-26)91-95(52(2)3,53(4)5)54(6)7/h31,36-37,39-40,44,47,50,52-57,59-60,62,64-65,67-75H,1,32-35,38,41-43,45-46,48-49,51H2,2-30H3/b58-44+,61-47+/t59-,60+,62+,64-,65+,67-,68+,69-,70-,71+,72-,73-,74+,75+/m0/s1. The first-order valence-corrected chi connectivity index (χ1v) is 44.3. The van der Waals surface area contributed by atoms with E-state index in [2.05, 4.69) is 176 Å². The number of esters is 1. The van der Waals surface area contributed by atoms with Gasteiger partial charge in [-0.1, -0.05) is 161 Å². The molecule has 0 aromatic heterocycles. The van der Waals surface area contributed by atoms with Crippen LogP contribution in [0.3, 0.4) is 0 Å². The molecule has 554 valence electrons. The molecule has 1 aliphatic heterocycles. The molecule has 1 aromatic rings. The average Bonchev–Trinajstić information content (AvgIpc) is 0.809. The number of carbonyl (C=O) groups is 3. The summed E-state index contributed by atoms with van der Waals surface area (Å²) in [6, 6.07) is 7.26. The molecule has 0 unspecified atom stereocenters. The second-order valence-electron chi connectivity index (χ2n) is 33.5. The number of nitrogens with zero attached hydrogens (tertiary/aromatic N) is 1. The molecule has 1 aromatic carbocycles. The Morgan fingerprint density at radius 2 is 1.25 bits per heavy atom. The topological polar surface area (TPSA) is 147 Å². The summed E-state index contributed by atoms with van der Waals surface area (Å²) in [6.07, 6.45) is 12.2. The third-order valence-electron chi connectivity index (χ3n) is 22.1. The molecule has 1 amide bonds. The summed E-state index contributed by atoms with van der Waals surface area (Å²) in [5.41, 5.74) is 4.47. The highest BCUT2D eigenvalue weighted by Crippen LogP contribution is 2.48. The molecule has 2 fully saturated rings. The zero-order chi connectivity index (χ0) is 73.0.